The number of hydrogen-bond donors (Lipinski definition) is 3. The summed E-state index contributed by atoms with van der Waals surface area (Å²) in [4.78, 5) is 13.2. The number of aliphatic hydroxyl groups is 2. The second-order valence-electron chi connectivity index (χ2n) is 8.96. The highest BCUT2D eigenvalue weighted by molar-refractivity contribution is 7.99. The highest BCUT2D eigenvalue weighted by Crippen LogP contribution is 2.35. The van der Waals surface area contributed by atoms with E-state index in [2.05, 4.69) is 5.32 Å². The largest absolute Gasteiger partial charge is 0.444 e. The molecule has 0 spiro atoms. The lowest BCUT2D eigenvalue weighted by Crippen LogP contribution is -2.55. The fourth-order valence-electron chi connectivity index (χ4n) is 3.15. The van der Waals surface area contributed by atoms with Crippen molar-refractivity contribution < 1.29 is 32.9 Å². The van der Waals surface area contributed by atoms with Crippen LogP contribution in [0, 0.1) is 0 Å². The van der Waals surface area contributed by atoms with Crippen LogP contribution in [0.1, 0.15) is 44.7 Å². The molecule has 0 aromatic heterocycles. The number of carbonyl (C=O) groups is 1. The standard InChI is InChI=1S/C24H29ClF3NO4S/c1-22(2,3)33-21(32)29-23(14-30,15-31)11-5-6-16-9-10-19(13-20(16)25)34-18-8-4-7-17(12-18)24(26,27)28/h4,7-10,12-13,30-31H,5-6,11,14-15H2,1-3H3,(H,29,32). The molecule has 5 nitrogen and oxygen atoms in total. The first-order valence-electron chi connectivity index (χ1n) is 10.6. The zero-order chi connectivity index (χ0) is 25.6. The summed E-state index contributed by atoms with van der Waals surface area (Å²) in [6.45, 7) is 4.20. The van der Waals surface area contributed by atoms with Crippen LogP contribution in [-0.4, -0.2) is 40.7 Å². The average molecular weight is 520 g/mol. The van der Waals surface area contributed by atoms with E-state index in [4.69, 9.17) is 16.3 Å². The van der Waals surface area contributed by atoms with Gasteiger partial charge < -0.3 is 20.3 Å². The van der Waals surface area contributed by atoms with E-state index >= 15 is 0 Å². The fraction of sp³-hybridized carbons (Fsp3) is 0.458. The van der Waals surface area contributed by atoms with Crippen LogP contribution >= 0.6 is 23.4 Å². The smallest absolute Gasteiger partial charge is 0.416 e. The van der Waals surface area contributed by atoms with Crippen LogP contribution in [0.25, 0.3) is 0 Å². The van der Waals surface area contributed by atoms with E-state index in [1.165, 1.54) is 17.8 Å². The van der Waals surface area contributed by atoms with Gasteiger partial charge in [0, 0.05) is 14.8 Å². The number of carbonyl (C=O) groups excluding carboxylic acids is 1. The third-order valence-corrected chi connectivity index (χ3v) is 6.23. The van der Waals surface area contributed by atoms with Gasteiger partial charge in [-0.1, -0.05) is 35.5 Å². The quantitative estimate of drug-likeness (QED) is 0.374. The maximum atomic E-state index is 12.9. The Morgan fingerprint density at radius 1 is 1.06 bits per heavy atom. The summed E-state index contributed by atoms with van der Waals surface area (Å²) in [7, 11) is 0. The number of aryl methyl sites for hydroxylation is 1. The number of benzene rings is 2. The van der Waals surface area contributed by atoms with Gasteiger partial charge in [-0.25, -0.2) is 4.79 Å². The number of halogens is 4. The Labute approximate surface area is 206 Å². The second-order valence-corrected chi connectivity index (χ2v) is 10.5. The molecule has 2 rings (SSSR count). The van der Waals surface area contributed by atoms with Crippen LogP contribution < -0.4 is 5.32 Å². The average Bonchev–Trinajstić information content (AvgIpc) is 2.73. The lowest BCUT2D eigenvalue weighted by atomic mass is 9.93. The number of nitrogens with one attached hydrogen (secondary N) is 1. The zero-order valence-electron chi connectivity index (χ0n) is 19.2. The van der Waals surface area contributed by atoms with Crippen molar-refractivity contribution in [1.29, 1.82) is 0 Å². The molecule has 0 aliphatic rings. The molecule has 2 aromatic carbocycles. The summed E-state index contributed by atoms with van der Waals surface area (Å²) < 4.78 is 44.0. The van der Waals surface area contributed by atoms with E-state index in [-0.39, 0.29) is 6.42 Å². The number of amides is 1. The number of hydrogen-bond acceptors (Lipinski definition) is 5. The molecule has 3 N–H and O–H groups in total. The van der Waals surface area contributed by atoms with Gasteiger partial charge in [-0.2, -0.15) is 13.2 Å². The van der Waals surface area contributed by atoms with Crippen LogP contribution in [0.15, 0.2) is 52.3 Å². The Bertz CT molecular complexity index is 975. The van der Waals surface area contributed by atoms with Crippen LogP contribution in [0.4, 0.5) is 18.0 Å². The molecule has 188 valence electrons. The van der Waals surface area contributed by atoms with Gasteiger partial charge in [-0.05, 0) is 75.9 Å². The molecular formula is C24H29ClF3NO4S. The van der Waals surface area contributed by atoms with Crippen LogP contribution in [0.2, 0.25) is 5.02 Å². The Balaban J connectivity index is 2.01. The summed E-state index contributed by atoms with van der Waals surface area (Å²) in [5.41, 5.74) is -1.87. The molecule has 0 unspecified atom stereocenters. The van der Waals surface area contributed by atoms with E-state index in [9.17, 15) is 28.2 Å². The zero-order valence-corrected chi connectivity index (χ0v) is 20.8. The summed E-state index contributed by atoms with van der Waals surface area (Å²) in [6, 6.07) is 10.3. The maximum Gasteiger partial charge on any atom is 0.416 e. The summed E-state index contributed by atoms with van der Waals surface area (Å²) in [6.07, 6.45) is -3.86. The van der Waals surface area contributed by atoms with E-state index in [0.29, 0.717) is 27.7 Å². The van der Waals surface area contributed by atoms with Crippen molar-refractivity contribution in [3.05, 3.63) is 58.6 Å². The first-order valence-corrected chi connectivity index (χ1v) is 11.8. The summed E-state index contributed by atoms with van der Waals surface area (Å²) in [5, 5.41) is 22.6. The van der Waals surface area contributed by atoms with Gasteiger partial charge >= 0.3 is 12.3 Å². The van der Waals surface area contributed by atoms with Crippen LogP contribution in [0.3, 0.4) is 0 Å². The van der Waals surface area contributed by atoms with Crippen LogP contribution in [0.5, 0.6) is 0 Å². The third-order valence-electron chi connectivity index (χ3n) is 4.89. The minimum Gasteiger partial charge on any atom is -0.444 e. The number of rotatable bonds is 9. The number of aliphatic hydroxyl groups excluding tert-OH is 2. The highest BCUT2D eigenvalue weighted by Gasteiger charge is 2.32. The molecular weight excluding hydrogens is 491 g/mol. The number of ether oxygens (including phenoxy) is 1. The molecule has 0 atom stereocenters. The SMILES string of the molecule is CC(C)(C)OC(=O)NC(CO)(CO)CCCc1ccc(Sc2cccc(C(F)(F)F)c2)cc1Cl. The topological polar surface area (TPSA) is 78.8 Å². The minimum absolute atomic E-state index is 0.274. The van der Waals surface area contributed by atoms with E-state index < -0.39 is 42.2 Å². The molecule has 0 aliphatic carbocycles. The lowest BCUT2D eigenvalue weighted by molar-refractivity contribution is -0.137. The van der Waals surface area contributed by atoms with Crippen molar-refractivity contribution in [3.8, 4) is 0 Å². The van der Waals surface area contributed by atoms with Gasteiger partial charge in [-0.15, -0.1) is 0 Å². The molecule has 0 radical (unpaired) electrons. The van der Waals surface area contributed by atoms with E-state index in [1.807, 2.05) is 0 Å². The normalized spacial score (nSPS) is 12.5. The second kappa shape index (κ2) is 11.7. The first kappa shape index (κ1) is 28.3. The molecule has 10 heteroatoms. The molecule has 0 fully saturated rings. The molecule has 34 heavy (non-hydrogen) atoms. The maximum absolute atomic E-state index is 12.9. The van der Waals surface area contributed by atoms with Crippen molar-refractivity contribution in [2.75, 3.05) is 13.2 Å². The Hall–Kier alpha value is -1.94. The van der Waals surface area contributed by atoms with Crippen molar-refractivity contribution in [3.63, 3.8) is 0 Å². The van der Waals surface area contributed by atoms with Crippen molar-refractivity contribution in [1.82, 2.24) is 5.32 Å². The Kier molecular flexibility index (Phi) is 9.71. The number of alkyl carbamates (subject to hydrolysis) is 1. The fourth-order valence-corrected chi connectivity index (χ4v) is 4.41. The first-order chi connectivity index (χ1) is 15.8. The van der Waals surface area contributed by atoms with Crippen molar-refractivity contribution in [2.24, 2.45) is 0 Å². The van der Waals surface area contributed by atoms with Gasteiger partial charge in [0.25, 0.3) is 0 Å². The van der Waals surface area contributed by atoms with Crippen molar-refractivity contribution >= 4 is 29.5 Å². The predicted molar refractivity (Wildman–Crippen MR) is 126 cm³/mol. The minimum atomic E-state index is -4.41. The van der Waals surface area contributed by atoms with E-state index in [1.54, 1.807) is 45.0 Å². The third kappa shape index (κ3) is 8.69. The van der Waals surface area contributed by atoms with Gasteiger partial charge in [0.05, 0.1) is 24.3 Å². The van der Waals surface area contributed by atoms with E-state index in [0.717, 1.165) is 17.7 Å². The lowest BCUT2D eigenvalue weighted by Gasteiger charge is -2.32. The highest BCUT2D eigenvalue weighted by atomic mass is 35.5. The molecule has 2 aromatic rings. The molecule has 0 heterocycles. The predicted octanol–water partition coefficient (Wildman–Crippen LogP) is 6.08. The van der Waals surface area contributed by atoms with Gasteiger partial charge in [0.2, 0.25) is 0 Å². The molecule has 0 bridgehead atoms. The monoisotopic (exact) mass is 519 g/mol. The molecule has 1 amide bonds. The molecule has 0 aliphatic heterocycles. The number of alkyl halides is 3. The van der Waals surface area contributed by atoms with Crippen LogP contribution in [-0.2, 0) is 17.3 Å². The Morgan fingerprint density at radius 2 is 1.71 bits per heavy atom. The van der Waals surface area contributed by atoms with Crippen molar-refractivity contribution in [2.45, 2.75) is 67.1 Å². The summed E-state index contributed by atoms with van der Waals surface area (Å²) in [5.74, 6) is 0. The van der Waals surface area contributed by atoms with Gasteiger partial charge in [-0.3, -0.25) is 0 Å². The van der Waals surface area contributed by atoms with Gasteiger partial charge in [0.15, 0.2) is 0 Å². The molecule has 0 saturated carbocycles. The molecule has 0 saturated heterocycles. The van der Waals surface area contributed by atoms with Gasteiger partial charge in [0.1, 0.15) is 5.60 Å². The Morgan fingerprint density at radius 3 is 2.26 bits per heavy atom. The summed E-state index contributed by atoms with van der Waals surface area (Å²) >= 11 is 7.57.